The number of amides is 2. The third-order valence-corrected chi connectivity index (χ3v) is 8.03. The maximum Gasteiger partial charge on any atom is 0.321 e. The summed E-state index contributed by atoms with van der Waals surface area (Å²) in [5.74, 6) is 2.98. The summed E-state index contributed by atoms with van der Waals surface area (Å²) in [7, 11) is 1.66. The molecule has 1 N–H and O–H groups in total. The van der Waals surface area contributed by atoms with Crippen LogP contribution in [0.5, 0.6) is 17.2 Å². The van der Waals surface area contributed by atoms with E-state index < -0.39 is 0 Å². The summed E-state index contributed by atoms with van der Waals surface area (Å²) in [6, 6.07) is 11.3. The first kappa shape index (κ1) is 30.6. The highest BCUT2D eigenvalue weighted by atomic mass is 16.5. The Hall–Kier alpha value is -3.83. The van der Waals surface area contributed by atoms with Crippen molar-refractivity contribution in [3.05, 3.63) is 42.7 Å². The Morgan fingerprint density at radius 3 is 2.33 bits per heavy atom. The molecule has 2 aliphatic rings. The average molecular weight is 592 g/mol. The van der Waals surface area contributed by atoms with Crippen molar-refractivity contribution in [2.24, 2.45) is 0 Å². The van der Waals surface area contributed by atoms with E-state index in [-0.39, 0.29) is 12.1 Å². The molecular formula is C32H45N7O4. The van der Waals surface area contributed by atoms with E-state index in [1.807, 2.05) is 55.1 Å². The lowest BCUT2D eigenvalue weighted by Crippen LogP contribution is -2.50. The Morgan fingerprint density at radius 1 is 0.930 bits per heavy atom. The molecule has 3 heterocycles. The van der Waals surface area contributed by atoms with Crippen molar-refractivity contribution in [3.8, 4) is 17.2 Å². The number of methoxy groups -OCH3 is 1. The summed E-state index contributed by atoms with van der Waals surface area (Å²) in [4.78, 5) is 31.1. The van der Waals surface area contributed by atoms with E-state index in [1.165, 1.54) is 0 Å². The lowest BCUT2D eigenvalue weighted by Gasteiger charge is -2.35. The number of urea groups is 1. The van der Waals surface area contributed by atoms with Crippen molar-refractivity contribution in [2.75, 3.05) is 89.4 Å². The molecule has 0 saturated carbocycles. The Labute approximate surface area is 254 Å². The third kappa shape index (κ3) is 7.97. The lowest BCUT2D eigenvalue weighted by molar-refractivity contribution is 0.130. The average Bonchev–Trinajstić information content (AvgIpc) is 3.03. The number of anilines is 2. The molecule has 0 spiro atoms. The van der Waals surface area contributed by atoms with Crippen LogP contribution in [0, 0.1) is 0 Å². The third-order valence-electron chi connectivity index (χ3n) is 8.03. The maximum absolute atomic E-state index is 12.9. The highest BCUT2D eigenvalue weighted by molar-refractivity contribution is 5.92. The Balaban J connectivity index is 1.15. The van der Waals surface area contributed by atoms with Crippen LogP contribution in [-0.4, -0.2) is 116 Å². The van der Waals surface area contributed by atoms with E-state index in [1.54, 1.807) is 13.4 Å². The van der Waals surface area contributed by atoms with Crippen molar-refractivity contribution in [1.29, 1.82) is 0 Å². The van der Waals surface area contributed by atoms with Crippen LogP contribution in [0.1, 0.15) is 27.2 Å². The van der Waals surface area contributed by atoms with Gasteiger partial charge in [0.25, 0.3) is 0 Å². The zero-order valence-corrected chi connectivity index (χ0v) is 25.9. The van der Waals surface area contributed by atoms with Gasteiger partial charge in [-0.25, -0.2) is 14.8 Å². The molecule has 2 amide bonds. The van der Waals surface area contributed by atoms with Gasteiger partial charge in [-0.1, -0.05) is 6.92 Å². The quantitative estimate of drug-likeness (QED) is 0.330. The van der Waals surface area contributed by atoms with E-state index in [2.05, 4.69) is 36.9 Å². The van der Waals surface area contributed by atoms with E-state index in [9.17, 15) is 4.79 Å². The van der Waals surface area contributed by atoms with E-state index in [4.69, 9.17) is 14.2 Å². The Kier molecular flexibility index (Phi) is 10.4. The van der Waals surface area contributed by atoms with Gasteiger partial charge in [0.1, 0.15) is 17.9 Å². The molecular weight excluding hydrogens is 546 g/mol. The molecule has 3 aromatic rings. The number of ether oxygens (including phenoxy) is 3. The summed E-state index contributed by atoms with van der Waals surface area (Å²) in [6.45, 7) is 16.0. The summed E-state index contributed by atoms with van der Waals surface area (Å²) in [5, 5.41) is 3.90. The molecule has 5 rings (SSSR count). The van der Waals surface area contributed by atoms with Gasteiger partial charge in [0.15, 0.2) is 11.5 Å². The Bertz CT molecular complexity index is 1340. The smallest absolute Gasteiger partial charge is 0.321 e. The molecule has 11 nitrogen and oxygen atoms in total. The molecule has 0 bridgehead atoms. The van der Waals surface area contributed by atoms with Crippen LogP contribution in [0.2, 0.25) is 0 Å². The van der Waals surface area contributed by atoms with E-state index in [0.717, 1.165) is 73.8 Å². The van der Waals surface area contributed by atoms with Crippen molar-refractivity contribution in [2.45, 2.75) is 33.3 Å². The predicted octanol–water partition coefficient (Wildman–Crippen LogP) is 4.19. The largest absolute Gasteiger partial charge is 0.493 e. The molecule has 2 saturated heterocycles. The number of hydrogen-bond acceptors (Lipinski definition) is 9. The van der Waals surface area contributed by atoms with Gasteiger partial charge in [-0.3, -0.25) is 0 Å². The second-order valence-electron chi connectivity index (χ2n) is 11.3. The topological polar surface area (TPSA) is 95.5 Å². The molecule has 232 valence electrons. The summed E-state index contributed by atoms with van der Waals surface area (Å²) in [6.07, 6.45) is 2.65. The number of nitrogens with zero attached hydrogens (tertiary/aromatic N) is 6. The fourth-order valence-electron chi connectivity index (χ4n) is 5.59. The molecule has 0 radical (unpaired) electrons. The molecule has 2 aromatic carbocycles. The van der Waals surface area contributed by atoms with Gasteiger partial charge in [-0.2, -0.15) is 0 Å². The fraction of sp³-hybridized carbons (Fsp3) is 0.531. The minimum atomic E-state index is -0.114. The molecule has 2 aliphatic heterocycles. The van der Waals surface area contributed by atoms with Gasteiger partial charge < -0.3 is 39.1 Å². The van der Waals surface area contributed by atoms with E-state index >= 15 is 0 Å². The minimum Gasteiger partial charge on any atom is -0.493 e. The number of rotatable bonds is 11. The van der Waals surface area contributed by atoms with Gasteiger partial charge in [-0.05, 0) is 57.1 Å². The standard InChI is InChI=1S/C32H45N7O4/c1-5-36-12-14-37(15-13-36)11-6-20-42-30-22-28-27(21-29(30)41-4)31(34-23-33-28)38-16-18-39(19-17-38)32(40)35-25-7-9-26(10-8-25)43-24(2)3/h7-10,21-24H,5-6,11-20H2,1-4H3,(H,35,40). The normalized spacial score (nSPS) is 16.5. The van der Waals surface area contributed by atoms with Crippen LogP contribution >= 0.6 is 0 Å². The molecule has 0 unspecified atom stereocenters. The first-order chi connectivity index (χ1) is 20.9. The van der Waals surface area contributed by atoms with Crippen molar-refractivity contribution < 1.29 is 19.0 Å². The summed E-state index contributed by atoms with van der Waals surface area (Å²) in [5.41, 5.74) is 1.55. The van der Waals surface area contributed by atoms with Crippen molar-refractivity contribution >= 4 is 28.4 Å². The fourth-order valence-corrected chi connectivity index (χ4v) is 5.59. The molecule has 0 aliphatic carbocycles. The summed E-state index contributed by atoms with van der Waals surface area (Å²) >= 11 is 0. The van der Waals surface area contributed by atoms with Gasteiger partial charge in [0, 0.05) is 76.0 Å². The van der Waals surface area contributed by atoms with Crippen LogP contribution in [-0.2, 0) is 0 Å². The number of nitrogens with one attached hydrogen (secondary N) is 1. The molecule has 11 heteroatoms. The molecule has 2 fully saturated rings. The zero-order chi connectivity index (χ0) is 30.2. The first-order valence-corrected chi connectivity index (χ1v) is 15.4. The predicted molar refractivity (Wildman–Crippen MR) is 170 cm³/mol. The van der Waals surface area contributed by atoms with Crippen LogP contribution in [0.15, 0.2) is 42.7 Å². The molecule has 43 heavy (non-hydrogen) atoms. The number of carbonyl (C=O) groups excluding carboxylic acids is 1. The van der Waals surface area contributed by atoms with Gasteiger partial charge in [-0.15, -0.1) is 0 Å². The highest BCUT2D eigenvalue weighted by Crippen LogP contribution is 2.35. The minimum absolute atomic E-state index is 0.104. The molecule has 1 aromatic heterocycles. The summed E-state index contributed by atoms with van der Waals surface area (Å²) < 4.78 is 17.6. The second kappa shape index (κ2) is 14.6. The van der Waals surface area contributed by atoms with Crippen LogP contribution in [0.4, 0.5) is 16.3 Å². The zero-order valence-electron chi connectivity index (χ0n) is 25.9. The van der Waals surface area contributed by atoms with Gasteiger partial charge >= 0.3 is 6.03 Å². The Morgan fingerprint density at radius 2 is 1.65 bits per heavy atom. The number of likely N-dealkylation sites (N-methyl/N-ethyl adjacent to an activating group) is 1. The number of fused-ring (bicyclic) bond motifs is 1. The first-order valence-electron chi connectivity index (χ1n) is 15.4. The monoisotopic (exact) mass is 591 g/mol. The number of benzene rings is 2. The van der Waals surface area contributed by atoms with E-state index in [0.29, 0.717) is 44.3 Å². The second-order valence-corrected chi connectivity index (χ2v) is 11.3. The maximum atomic E-state index is 12.9. The van der Waals surface area contributed by atoms with Crippen LogP contribution in [0.3, 0.4) is 0 Å². The van der Waals surface area contributed by atoms with Crippen molar-refractivity contribution in [1.82, 2.24) is 24.7 Å². The van der Waals surface area contributed by atoms with Crippen LogP contribution < -0.4 is 24.4 Å². The number of hydrogen-bond donors (Lipinski definition) is 1. The number of carbonyl (C=O) groups is 1. The number of piperazine rings is 2. The van der Waals surface area contributed by atoms with Gasteiger partial charge in [0.05, 0.1) is 25.3 Å². The molecule has 0 atom stereocenters. The van der Waals surface area contributed by atoms with Gasteiger partial charge in [0.2, 0.25) is 0 Å². The SMILES string of the molecule is CCN1CCN(CCCOc2cc3ncnc(N4CCN(C(=O)Nc5ccc(OC(C)C)cc5)CC4)c3cc2OC)CC1. The highest BCUT2D eigenvalue weighted by Gasteiger charge is 2.24. The number of aromatic nitrogens is 2. The van der Waals surface area contributed by atoms with Crippen LogP contribution in [0.25, 0.3) is 10.9 Å². The van der Waals surface area contributed by atoms with Crippen molar-refractivity contribution in [3.63, 3.8) is 0 Å². The lowest BCUT2D eigenvalue weighted by atomic mass is 10.2.